The molecular formula is C19H22ClNO3Si. The Hall–Kier alpha value is -1.21. The fourth-order valence-electron chi connectivity index (χ4n) is 3.62. The third kappa shape index (κ3) is 3.53. The zero-order valence-corrected chi connectivity index (χ0v) is 15.8. The van der Waals surface area contributed by atoms with Crippen LogP contribution in [-0.2, 0) is 13.3 Å². The van der Waals surface area contributed by atoms with Crippen LogP contribution in [0.4, 0.5) is 0 Å². The van der Waals surface area contributed by atoms with Crippen LogP contribution in [0.3, 0.4) is 0 Å². The molecule has 2 atom stereocenters. The zero-order chi connectivity index (χ0) is 17.1. The molecule has 25 heavy (non-hydrogen) atoms. The first-order chi connectivity index (χ1) is 12.3. The van der Waals surface area contributed by atoms with E-state index >= 15 is 0 Å². The van der Waals surface area contributed by atoms with Crippen molar-refractivity contribution < 1.29 is 13.3 Å². The van der Waals surface area contributed by atoms with Crippen LogP contribution in [0, 0.1) is 0 Å². The Labute approximate surface area is 154 Å². The van der Waals surface area contributed by atoms with Gasteiger partial charge in [-0.25, -0.2) is 0 Å². The first-order valence-corrected chi connectivity index (χ1v) is 11.1. The van der Waals surface area contributed by atoms with Gasteiger partial charge in [-0.2, -0.15) is 0 Å². The fraction of sp³-hybridized carbons (Fsp3) is 0.368. The van der Waals surface area contributed by atoms with Crippen LogP contribution in [0.2, 0.25) is 0 Å². The van der Waals surface area contributed by atoms with E-state index in [1.165, 1.54) is 5.56 Å². The van der Waals surface area contributed by atoms with Crippen molar-refractivity contribution in [3.8, 4) is 0 Å². The molecule has 0 saturated carbocycles. The SMILES string of the molecule is ClC[Si]12OCCN(CCO1)[C@@H](c1ccccc1)[C@@H](c1ccccc1)O2. The lowest BCUT2D eigenvalue weighted by Gasteiger charge is -2.46. The summed E-state index contributed by atoms with van der Waals surface area (Å²) in [5, 5.41) is 0. The average molecular weight is 376 g/mol. The molecule has 0 spiro atoms. The summed E-state index contributed by atoms with van der Waals surface area (Å²) in [4.78, 5) is 2.40. The summed E-state index contributed by atoms with van der Waals surface area (Å²) >= 11 is 6.28. The van der Waals surface area contributed by atoms with Crippen molar-refractivity contribution in [3.63, 3.8) is 0 Å². The van der Waals surface area contributed by atoms with Crippen LogP contribution in [0.1, 0.15) is 23.3 Å². The first-order valence-electron chi connectivity index (χ1n) is 8.67. The van der Waals surface area contributed by atoms with Crippen molar-refractivity contribution in [3.05, 3.63) is 71.8 Å². The minimum absolute atomic E-state index is 0.117. The van der Waals surface area contributed by atoms with Gasteiger partial charge in [-0.3, -0.25) is 4.90 Å². The number of hydrogen-bond acceptors (Lipinski definition) is 4. The Morgan fingerprint density at radius 2 is 1.44 bits per heavy atom. The molecule has 3 saturated heterocycles. The van der Waals surface area contributed by atoms with Crippen LogP contribution in [0.5, 0.6) is 0 Å². The van der Waals surface area contributed by atoms with Crippen molar-refractivity contribution >= 4 is 20.4 Å². The van der Waals surface area contributed by atoms with Gasteiger partial charge < -0.3 is 13.3 Å². The normalized spacial score (nSPS) is 32.6. The van der Waals surface area contributed by atoms with Crippen molar-refractivity contribution in [1.29, 1.82) is 0 Å². The molecule has 5 rings (SSSR count). The van der Waals surface area contributed by atoms with Crippen molar-refractivity contribution in [2.45, 2.75) is 12.1 Å². The Balaban J connectivity index is 1.82. The van der Waals surface area contributed by atoms with E-state index < -0.39 is 8.80 Å². The van der Waals surface area contributed by atoms with Gasteiger partial charge in [-0.15, -0.1) is 11.6 Å². The van der Waals surface area contributed by atoms with Crippen LogP contribution in [0.15, 0.2) is 60.7 Å². The smallest absolute Gasteiger partial charge is 0.371 e. The highest BCUT2D eigenvalue weighted by molar-refractivity contribution is 6.69. The fourth-order valence-corrected chi connectivity index (χ4v) is 6.17. The standard InChI is InChI=1S/C19H22ClNO3Si/c20-15-25-22-13-11-21(12-14-23-25)18(16-7-3-1-4-8-16)19(24-25)17-9-5-2-6-10-17/h1-10,18-19H,11-15H2/t18-,19+/m0/s1. The number of halogens is 1. The molecule has 3 aliphatic heterocycles. The minimum atomic E-state index is -2.88. The monoisotopic (exact) mass is 375 g/mol. The molecule has 3 fully saturated rings. The van der Waals surface area contributed by atoms with E-state index in [1.807, 2.05) is 24.3 Å². The third-order valence-electron chi connectivity index (χ3n) is 4.82. The van der Waals surface area contributed by atoms with Crippen LogP contribution >= 0.6 is 11.6 Å². The Bertz CT molecular complexity index is 678. The quantitative estimate of drug-likeness (QED) is 0.606. The van der Waals surface area contributed by atoms with Gasteiger partial charge >= 0.3 is 8.80 Å². The Morgan fingerprint density at radius 1 is 0.880 bits per heavy atom. The zero-order valence-electron chi connectivity index (χ0n) is 14.0. The summed E-state index contributed by atoms with van der Waals surface area (Å²) in [5.41, 5.74) is 2.65. The van der Waals surface area contributed by atoms with E-state index in [0.717, 1.165) is 18.7 Å². The molecule has 3 heterocycles. The second-order valence-corrected chi connectivity index (χ2v) is 9.60. The van der Waals surface area contributed by atoms with Gasteiger partial charge in [0.25, 0.3) is 0 Å². The minimum Gasteiger partial charge on any atom is -0.371 e. The number of rotatable bonds is 3. The molecule has 0 aliphatic carbocycles. The number of alkyl halides is 1. The van der Waals surface area contributed by atoms with Gasteiger partial charge in [0.05, 0.1) is 30.9 Å². The van der Waals surface area contributed by atoms with Crippen molar-refractivity contribution in [1.82, 2.24) is 4.90 Å². The van der Waals surface area contributed by atoms with Crippen LogP contribution < -0.4 is 0 Å². The molecule has 4 nitrogen and oxygen atoms in total. The second-order valence-electron chi connectivity index (χ2n) is 6.35. The highest BCUT2D eigenvalue weighted by Crippen LogP contribution is 2.41. The van der Waals surface area contributed by atoms with E-state index in [9.17, 15) is 0 Å². The van der Waals surface area contributed by atoms with Gasteiger partial charge in [0, 0.05) is 13.1 Å². The number of hydrogen-bond donors (Lipinski definition) is 0. The lowest BCUT2D eigenvalue weighted by Crippen LogP contribution is -2.58. The topological polar surface area (TPSA) is 30.9 Å². The lowest BCUT2D eigenvalue weighted by molar-refractivity contribution is -0.0705. The third-order valence-corrected chi connectivity index (χ3v) is 8.03. The Morgan fingerprint density at radius 3 is 2.00 bits per heavy atom. The molecule has 132 valence electrons. The molecule has 0 amide bonds. The maximum Gasteiger partial charge on any atom is 0.517 e. The summed E-state index contributed by atoms with van der Waals surface area (Å²) in [6.45, 7) is 2.87. The molecule has 0 unspecified atom stereocenters. The molecule has 2 bridgehead atoms. The summed E-state index contributed by atoms with van der Waals surface area (Å²) in [7, 11) is -2.88. The molecule has 6 heteroatoms. The predicted molar refractivity (Wildman–Crippen MR) is 99.4 cm³/mol. The molecule has 2 aromatic carbocycles. The molecule has 0 aromatic heterocycles. The van der Waals surface area contributed by atoms with E-state index in [2.05, 4.69) is 41.3 Å². The maximum atomic E-state index is 6.57. The van der Waals surface area contributed by atoms with Gasteiger partial charge in [0.15, 0.2) is 0 Å². The van der Waals surface area contributed by atoms with Gasteiger partial charge in [0.2, 0.25) is 0 Å². The van der Waals surface area contributed by atoms with Crippen LogP contribution in [-0.4, -0.2) is 45.5 Å². The second kappa shape index (κ2) is 7.58. The van der Waals surface area contributed by atoms with E-state index in [0.29, 0.717) is 13.2 Å². The lowest BCUT2D eigenvalue weighted by atomic mass is 9.94. The van der Waals surface area contributed by atoms with Crippen LogP contribution in [0.25, 0.3) is 0 Å². The summed E-state index contributed by atoms with van der Waals surface area (Å²) in [6.07, 6.45) is -0.172. The predicted octanol–water partition coefficient (Wildman–Crippen LogP) is 3.56. The highest BCUT2D eigenvalue weighted by atomic mass is 35.5. The van der Waals surface area contributed by atoms with Gasteiger partial charge in [-0.1, -0.05) is 60.7 Å². The van der Waals surface area contributed by atoms with Gasteiger partial charge in [0.1, 0.15) is 0 Å². The number of fused-ring (bicyclic) bond motifs is 6. The summed E-state index contributed by atoms with van der Waals surface area (Å²) in [6, 6.07) is 21.0. The average Bonchev–Trinajstić information content (AvgIpc) is 2.63. The van der Waals surface area contributed by atoms with Crippen molar-refractivity contribution in [2.24, 2.45) is 0 Å². The van der Waals surface area contributed by atoms with Gasteiger partial charge in [-0.05, 0) is 11.1 Å². The van der Waals surface area contributed by atoms with Crippen molar-refractivity contribution in [2.75, 3.05) is 31.8 Å². The van der Waals surface area contributed by atoms with E-state index in [-0.39, 0.29) is 17.6 Å². The summed E-state index contributed by atoms with van der Waals surface area (Å²) in [5.74, 6) is 0. The Kier molecular flexibility index (Phi) is 5.22. The summed E-state index contributed by atoms with van der Waals surface area (Å²) < 4.78 is 18.7. The molecular weight excluding hydrogens is 354 g/mol. The molecule has 2 aromatic rings. The molecule has 0 N–H and O–H groups in total. The molecule has 0 radical (unpaired) electrons. The first kappa shape index (κ1) is 17.2. The number of benzene rings is 2. The highest BCUT2D eigenvalue weighted by Gasteiger charge is 2.49. The van der Waals surface area contributed by atoms with E-state index in [4.69, 9.17) is 24.9 Å². The largest absolute Gasteiger partial charge is 0.517 e. The molecule has 3 aliphatic rings. The maximum absolute atomic E-state index is 6.57. The van der Waals surface area contributed by atoms with E-state index in [1.54, 1.807) is 0 Å². The number of nitrogens with zero attached hydrogens (tertiary/aromatic N) is 1.